The molecular formula is C16H16ClN3OS. The highest BCUT2D eigenvalue weighted by molar-refractivity contribution is 7.10. The minimum atomic E-state index is -0.427. The van der Waals surface area contributed by atoms with Crippen molar-refractivity contribution < 1.29 is 5.11 Å². The summed E-state index contributed by atoms with van der Waals surface area (Å²) < 4.78 is 4.06. The summed E-state index contributed by atoms with van der Waals surface area (Å²) >= 11 is 7.21. The number of rotatable bonds is 3. The third-order valence-electron chi connectivity index (χ3n) is 4.16. The van der Waals surface area contributed by atoms with Gasteiger partial charge >= 0.3 is 0 Å². The van der Waals surface area contributed by atoms with Crippen molar-refractivity contribution in [1.29, 1.82) is 5.26 Å². The van der Waals surface area contributed by atoms with Gasteiger partial charge in [-0.15, -0.1) is 0 Å². The first-order valence-corrected chi connectivity index (χ1v) is 8.39. The van der Waals surface area contributed by atoms with E-state index in [1.807, 2.05) is 30.3 Å². The van der Waals surface area contributed by atoms with Crippen LogP contribution in [0, 0.1) is 17.2 Å². The summed E-state index contributed by atoms with van der Waals surface area (Å²) in [6.45, 7) is 1.61. The van der Waals surface area contributed by atoms with Gasteiger partial charge in [0.1, 0.15) is 16.6 Å². The van der Waals surface area contributed by atoms with E-state index in [2.05, 4.69) is 15.3 Å². The van der Waals surface area contributed by atoms with Crippen LogP contribution in [0.3, 0.4) is 0 Å². The molecule has 0 unspecified atom stereocenters. The first kappa shape index (κ1) is 15.3. The Morgan fingerprint density at radius 2 is 2.00 bits per heavy atom. The minimum absolute atomic E-state index is 0.243. The second kappa shape index (κ2) is 6.66. The number of benzene rings is 1. The molecule has 2 heterocycles. The summed E-state index contributed by atoms with van der Waals surface area (Å²) in [5.41, 5.74) is 1.44. The van der Waals surface area contributed by atoms with Gasteiger partial charge in [-0.25, -0.2) is 0 Å². The lowest BCUT2D eigenvalue weighted by Crippen LogP contribution is -2.35. The Morgan fingerprint density at radius 3 is 2.64 bits per heavy atom. The van der Waals surface area contributed by atoms with Crippen molar-refractivity contribution in [2.24, 2.45) is 5.92 Å². The SMILES string of the molecule is N#Cc1c(Cl)nsc1N1CCC([C@H](O)c2ccccc2)CC1. The van der Waals surface area contributed by atoms with Gasteiger partial charge in [0.15, 0.2) is 5.15 Å². The van der Waals surface area contributed by atoms with Crippen LogP contribution >= 0.6 is 23.1 Å². The number of aromatic nitrogens is 1. The van der Waals surface area contributed by atoms with Crippen LogP contribution in [0.25, 0.3) is 0 Å². The zero-order valence-electron chi connectivity index (χ0n) is 11.9. The molecule has 3 rings (SSSR count). The van der Waals surface area contributed by atoms with E-state index in [-0.39, 0.29) is 11.1 Å². The minimum Gasteiger partial charge on any atom is -0.388 e. The third kappa shape index (κ3) is 2.95. The third-order valence-corrected chi connectivity index (χ3v) is 5.44. The first-order chi connectivity index (χ1) is 10.7. The number of piperidine rings is 1. The van der Waals surface area contributed by atoms with E-state index in [1.165, 1.54) is 11.5 Å². The zero-order valence-corrected chi connectivity index (χ0v) is 13.5. The molecule has 0 radical (unpaired) electrons. The van der Waals surface area contributed by atoms with Crippen molar-refractivity contribution in [1.82, 2.24) is 4.37 Å². The quantitative estimate of drug-likeness (QED) is 0.932. The van der Waals surface area contributed by atoms with E-state index in [0.29, 0.717) is 5.56 Å². The van der Waals surface area contributed by atoms with E-state index in [1.54, 1.807) is 0 Å². The predicted molar refractivity (Wildman–Crippen MR) is 88.2 cm³/mol. The molecule has 0 bridgehead atoms. The van der Waals surface area contributed by atoms with Crippen LogP contribution in [0.15, 0.2) is 30.3 Å². The zero-order chi connectivity index (χ0) is 15.5. The monoisotopic (exact) mass is 333 g/mol. The van der Waals surface area contributed by atoms with Crippen molar-refractivity contribution in [2.75, 3.05) is 18.0 Å². The van der Waals surface area contributed by atoms with Crippen molar-refractivity contribution in [3.8, 4) is 6.07 Å². The standard InChI is InChI=1S/C16H16ClN3OS/c17-15-13(10-18)16(22-19-15)20-8-6-12(7-9-20)14(21)11-4-2-1-3-5-11/h1-5,12,14,21H,6-9H2/t14-/m1/s1. The maximum Gasteiger partial charge on any atom is 0.162 e. The van der Waals surface area contributed by atoms with Gasteiger partial charge in [-0.05, 0) is 35.9 Å². The second-order valence-corrected chi connectivity index (χ2v) is 6.56. The Bertz CT molecular complexity index is 674. The van der Waals surface area contributed by atoms with E-state index in [9.17, 15) is 10.4 Å². The number of aliphatic hydroxyl groups is 1. The molecule has 1 aliphatic heterocycles. The molecule has 1 aromatic carbocycles. The van der Waals surface area contributed by atoms with Crippen LogP contribution in [-0.2, 0) is 0 Å². The molecule has 1 saturated heterocycles. The highest BCUT2D eigenvalue weighted by atomic mass is 35.5. The van der Waals surface area contributed by atoms with Gasteiger partial charge in [-0.3, -0.25) is 0 Å². The Kier molecular flexibility index (Phi) is 4.63. The summed E-state index contributed by atoms with van der Waals surface area (Å²) in [6.07, 6.45) is 1.34. The lowest BCUT2D eigenvalue weighted by atomic mass is 9.87. The molecule has 0 spiro atoms. The molecule has 2 aromatic rings. The van der Waals surface area contributed by atoms with Gasteiger partial charge < -0.3 is 10.0 Å². The van der Waals surface area contributed by atoms with Gasteiger partial charge in [-0.2, -0.15) is 9.64 Å². The Hall–Kier alpha value is -1.61. The molecule has 0 amide bonds. The van der Waals surface area contributed by atoms with Crippen LogP contribution < -0.4 is 4.90 Å². The molecule has 4 nitrogen and oxygen atoms in total. The van der Waals surface area contributed by atoms with Crippen molar-refractivity contribution in [3.63, 3.8) is 0 Å². The Labute approximate surface area is 138 Å². The van der Waals surface area contributed by atoms with Crippen LogP contribution in [-0.4, -0.2) is 22.6 Å². The van der Waals surface area contributed by atoms with E-state index < -0.39 is 6.10 Å². The maximum absolute atomic E-state index is 10.5. The van der Waals surface area contributed by atoms with E-state index >= 15 is 0 Å². The van der Waals surface area contributed by atoms with Crippen molar-refractivity contribution >= 4 is 28.1 Å². The first-order valence-electron chi connectivity index (χ1n) is 7.24. The molecule has 1 aromatic heterocycles. The molecule has 114 valence electrons. The molecule has 1 fully saturated rings. The molecule has 1 atom stereocenters. The normalized spacial score (nSPS) is 17.2. The fourth-order valence-corrected chi connectivity index (χ4v) is 3.99. The fraction of sp³-hybridized carbons (Fsp3) is 0.375. The van der Waals surface area contributed by atoms with Gasteiger partial charge in [0.2, 0.25) is 0 Å². The molecule has 0 aliphatic carbocycles. The number of halogens is 1. The van der Waals surface area contributed by atoms with Crippen LogP contribution in [0.5, 0.6) is 0 Å². The number of hydrogen-bond acceptors (Lipinski definition) is 5. The Balaban J connectivity index is 1.67. The fourth-order valence-electron chi connectivity index (χ4n) is 2.91. The van der Waals surface area contributed by atoms with E-state index in [4.69, 9.17) is 11.6 Å². The largest absolute Gasteiger partial charge is 0.388 e. The highest BCUT2D eigenvalue weighted by Gasteiger charge is 2.28. The number of anilines is 1. The predicted octanol–water partition coefficient (Wildman–Crippen LogP) is 3.62. The Morgan fingerprint density at radius 1 is 1.32 bits per heavy atom. The molecule has 6 heteroatoms. The average Bonchev–Trinajstić information content (AvgIpc) is 2.96. The molecule has 0 saturated carbocycles. The summed E-state index contributed by atoms with van der Waals surface area (Å²) in [5.74, 6) is 0.243. The average molecular weight is 334 g/mol. The topological polar surface area (TPSA) is 60.2 Å². The molecule has 1 N–H and O–H groups in total. The maximum atomic E-state index is 10.5. The summed E-state index contributed by atoms with van der Waals surface area (Å²) in [5, 5.41) is 20.8. The van der Waals surface area contributed by atoms with Crippen LogP contribution in [0.2, 0.25) is 5.15 Å². The van der Waals surface area contributed by atoms with Crippen molar-refractivity contribution in [3.05, 3.63) is 46.6 Å². The van der Waals surface area contributed by atoms with Crippen molar-refractivity contribution in [2.45, 2.75) is 18.9 Å². The summed E-state index contributed by atoms with van der Waals surface area (Å²) in [4.78, 5) is 2.15. The summed E-state index contributed by atoms with van der Waals surface area (Å²) in [7, 11) is 0. The van der Waals surface area contributed by atoms with Gasteiger partial charge in [0, 0.05) is 13.1 Å². The van der Waals surface area contributed by atoms with Gasteiger partial charge in [0.05, 0.1) is 6.10 Å². The smallest absolute Gasteiger partial charge is 0.162 e. The molecule has 22 heavy (non-hydrogen) atoms. The van der Waals surface area contributed by atoms with Gasteiger partial charge in [0.25, 0.3) is 0 Å². The van der Waals surface area contributed by atoms with E-state index in [0.717, 1.165) is 36.5 Å². The lowest BCUT2D eigenvalue weighted by molar-refractivity contribution is 0.0930. The highest BCUT2D eigenvalue weighted by Crippen LogP contribution is 2.36. The van der Waals surface area contributed by atoms with Crippen LogP contribution in [0.1, 0.15) is 30.1 Å². The number of nitriles is 1. The number of nitrogens with zero attached hydrogens (tertiary/aromatic N) is 3. The van der Waals surface area contributed by atoms with Crippen LogP contribution in [0.4, 0.5) is 5.00 Å². The molecular weight excluding hydrogens is 318 g/mol. The second-order valence-electron chi connectivity index (χ2n) is 5.45. The molecule has 1 aliphatic rings. The number of hydrogen-bond donors (Lipinski definition) is 1. The van der Waals surface area contributed by atoms with Gasteiger partial charge in [-0.1, -0.05) is 41.9 Å². The summed E-state index contributed by atoms with van der Waals surface area (Å²) in [6, 6.07) is 11.9. The number of aliphatic hydroxyl groups excluding tert-OH is 1. The lowest BCUT2D eigenvalue weighted by Gasteiger charge is -2.34.